The number of rotatable bonds is 5. The third kappa shape index (κ3) is 5.02. The molecule has 0 fully saturated rings. The Morgan fingerprint density at radius 2 is 1.74 bits per heavy atom. The third-order valence-electron chi connectivity index (χ3n) is 3.25. The first kappa shape index (κ1) is 17.4. The minimum Gasteiger partial charge on any atom is -0.467 e. The highest BCUT2D eigenvalue weighted by Crippen LogP contribution is 2.10. The molecule has 0 spiro atoms. The Morgan fingerprint density at radius 1 is 1.13 bits per heavy atom. The lowest BCUT2D eigenvalue weighted by atomic mass is 10.1. The fourth-order valence-electron chi connectivity index (χ4n) is 2.03. The van der Waals surface area contributed by atoms with Crippen molar-refractivity contribution in [3.8, 4) is 0 Å². The van der Waals surface area contributed by atoms with Crippen molar-refractivity contribution in [3.05, 3.63) is 69.0 Å². The van der Waals surface area contributed by atoms with Crippen LogP contribution in [0.5, 0.6) is 0 Å². The zero-order valence-electron chi connectivity index (χ0n) is 12.4. The number of carbonyl (C=O) groups excluding carboxylic acids is 2. The van der Waals surface area contributed by atoms with Gasteiger partial charge in [0.1, 0.15) is 11.9 Å². The van der Waals surface area contributed by atoms with E-state index in [0.717, 1.165) is 9.13 Å². The Bertz CT molecular complexity index is 686. The van der Waals surface area contributed by atoms with Crippen molar-refractivity contribution in [2.75, 3.05) is 7.11 Å². The molecule has 2 rings (SSSR count). The number of esters is 1. The van der Waals surface area contributed by atoms with Crippen LogP contribution in [-0.2, 0) is 16.0 Å². The van der Waals surface area contributed by atoms with E-state index in [4.69, 9.17) is 4.74 Å². The van der Waals surface area contributed by atoms with Gasteiger partial charge in [-0.1, -0.05) is 12.1 Å². The lowest BCUT2D eigenvalue weighted by Crippen LogP contribution is -2.43. The third-order valence-corrected chi connectivity index (χ3v) is 3.97. The second-order valence-electron chi connectivity index (χ2n) is 4.89. The van der Waals surface area contributed by atoms with Gasteiger partial charge in [-0.2, -0.15) is 0 Å². The minimum absolute atomic E-state index is 0.280. The Hall–Kier alpha value is -1.96. The van der Waals surface area contributed by atoms with Crippen LogP contribution in [0.1, 0.15) is 15.9 Å². The van der Waals surface area contributed by atoms with E-state index in [1.165, 1.54) is 31.4 Å². The minimum atomic E-state index is -0.808. The average Bonchev–Trinajstić information content (AvgIpc) is 2.56. The molecule has 0 saturated carbocycles. The number of hydrogen-bond acceptors (Lipinski definition) is 3. The first-order valence-corrected chi connectivity index (χ1v) is 7.96. The Balaban J connectivity index is 2.12. The normalized spacial score (nSPS) is 11.6. The largest absolute Gasteiger partial charge is 0.467 e. The van der Waals surface area contributed by atoms with Crippen LogP contribution in [0.25, 0.3) is 0 Å². The topological polar surface area (TPSA) is 55.4 Å². The van der Waals surface area contributed by atoms with Crippen LogP contribution in [0.2, 0.25) is 0 Å². The summed E-state index contributed by atoms with van der Waals surface area (Å²) in [6.07, 6.45) is 0.316. The summed E-state index contributed by atoms with van der Waals surface area (Å²) in [5.74, 6) is -1.41. The molecule has 2 aromatic carbocycles. The molecule has 120 valence electrons. The fourth-order valence-corrected chi connectivity index (χ4v) is 2.39. The molecule has 0 aliphatic heterocycles. The lowest BCUT2D eigenvalue weighted by molar-refractivity contribution is -0.142. The van der Waals surface area contributed by atoms with Gasteiger partial charge in [0, 0.05) is 15.6 Å². The number of carbonyl (C=O) groups is 2. The van der Waals surface area contributed by atoms with Crippen molar-refractivity contribution < 1.29 is 18.7 Å². The number of benzene rings is 2. The molecule has 0 bridgehead atoms. The molecule has 4 nitrogen and oxygen atoms in total. The van der Waals surface area contributed by atoms with Gasteiger partial charge < -0.3 is 10.1 Å². The van der Waals surface area contributed by atoms with E-state index in [1.807, 2.05) is 24.3 Å². The highest BCUT2D eigenvalue weighted by atomic mass is 127. The SMILES string of the molecule is COC(=O)[C@@H](Cc1ccc(I)cc1)NC(=O)c1ccc(F)cc1. The van der Waals surface area contributed by atoms with Gasteiger partial charge in [0.2, 0.25) is 0 Å². The molecule has 1 N–H and O–H groups in total. The first-order valence-electron chi connectivity index (χ1n) is 6.88. The molecule has 0 unspecified atom stereocenters. The smallest absolute Gasteiger partial charge is 0.328 e. The van der Waals surface area contributed by atoms with Gasteiger partial charge in [0.15, 0.2) is 0 Å². The number of nitrogens with one attached hydrogen (secondary N) is 1. The lowest BCUT2D eigenvalue weighted by Gasteiger charge is -2.16. The van der Waals surface area contributed by atoms with E-state index in [1.54, 1.807) is 0 Å². The summed E-state index contributed by atoms with van der Waals surface area (Å²) in [6.45, 7) is 0. The zero-order chi connectivity index (χ0) is 16.8. The van der Waals surface area contributed by atoms with Crippen molar-refractivity contribution >= 4 is 34.5 Å². The second-order valence-corrected chi connectivity index (χ2v) is 6.13. The maximum Gasteiger partial charge on any atom is 0.328 e. The van der Waals surface area contributed by atoms with E-state index in [2.05, 4.69) is 27.9 Å². The predicted octanol–water partition coefficient (Wildman–Crippen LogP) is 2.94. The number of methoxy groups -OCH3 is 1. The molecular formula is C17H15FINO3. The monoisotopic (exact) mass is 427 g/mol. The summed E-state index contributed by atoms with van der Waals surface area (Å²) in [5.41, 5.74) is 1.18. The van der Waals surface area contributed by atoms with E-state index in [0.29, 0.717) is 6.42 Å². The van der Waals surface area contributed by atoms with Crippen molar-refractivity contribution in [2.24, 2.45) is 0 Å². The van der Waals surface area contributed by atoms with Crippen molar-refractivity contribution in [1.82, 2.24) is 5.32 Å². The molecule has 1 amide bonds. The highest BCUT2D eigenvalue weighted by molar-refractivity contribution is 14.1. The number of amides is 1. The fraction of sp³-hybridized carbons (Fsp3) is 0.176. The molecule has 1 atom stereocenters. The number of halogens is 2. The van der Waals surface area contributed by atoms with Gasteiger partial charge in [-0.15, -0.1) is 0 Å². The molecule has 2 aromatic rings. The average molecular weight is 427 g/mol. The van der Waals surface area contributed by atoms with Gasteiger partial charge in [-0.25, -0.2) is 9.18 Å². The van der Waals surface area contributed by atoms with Gasteiger partial charge in [0.25, 0.3) is 5.91 Å². The maximum absolute atomic E-state index is 12.9. The summed E-state index contributed by atoms with van der Waals surface area (Å²) in [5, 5.41) is 2.63. The van der Waals surface area contributed by atoms with Crippen LogP contribution in [0.15, 0.2) is 48.5 Å². The van der Waals surface area contributed by atoms with Gasteiger partial charge in [-0.3, -0.25) is 4.79 Å². The van der Waals surface area contributed by atoms with E-state index < -0.39 is 23.7 Å². The number of hydrogen-bond donors (Lipinski definition) is 1. The van der Waals surface area contributed by atoms with Crippen molar-refractivity contribution in [1.29, 1.82) is 0 Å². The molecule has 0 aliphatic rings. The van der Waals surface area contributed by atoms with Crippen LogP contribution in [-0.4, -0.2) is 25.0 Å². The van der Waals surface area contributed by atoms with Crippen molar-refractivity contribution in [3.63, 3.8) is 0 Å². The molecule has 0 heterocycles. The van der Waals surface area contributed by atoms with Gasteiger partial charge >= 0.3 is 5.97 Å². The van der Waals surface area contributed by atoms with E-state index >= 15 is 0 Å². The molecule has 0 radical (unpaired) electrons. The summed E-state index contributed by atoms with van der Waals surface area (Å²) in [6, 6.07) is 11.9. The summed E-state index contributed by atoms with van der Waals surface area (Å²) in [7, 11) is 1.27. The van der Waals surface area contributed by atoms with E-state index in [9.17, 15) is 14.0 Å². The quantitative estimate of drug-likeness (QED) is 0.590. The Kier molecular flexibility index (Phi) is 6.09. The molecule has 0 aliphatic carbocycles. The number of ether oxygens (including phenoxy) is 1. The van der Waals surface area contributed by atoms with Crippen molar-refractivity contribution in [2.45, 2.75) is 12.5 Å². The highest BCUT2D eigenvalue weighted by Gasteiger charge is 2.22. The van der Waals surface area contributed by atoms with Crippen LogP contribution in [0.3, 0.4) is 0 Å². The van der Waals surface area contributed by atoms with Gasteiger partial charge in [-0.05, 0) is 64.6 Å². The van der Waals surface area contributed by atoms with Crippen LogP contribution in [0, 0.1) is 9.39 Å². The Labute approximate surface area is 147 Å². The second kappa shape index (κ2) is 8.05. The molecule has 0 saturated heterocycles. The molecule has 23 heavy (non-hydrogen) atoms. The summed E-state index contributed by atoms with van der Waals surface area (Å²) >= 11 is 2.19. The Morgan fingerprint density at radius 3 is 2.30 bits per heavy atom. The molecule has 6 heteroatoms. The van der Waals surface area contributed by atoms with Gasteiger partial charge in [0.05, 0.1) is 7.11 Å². The molecule has 0 aromatic heterocycles. The van der Waals surface area contributed by atoms with Crippen LogP contribution in [0.4, 0.5) is 4.39 Å². The van der Waals surface area contributed by atoms with Crippen LogP contribution >= 0.6 is 22.6 Å². The first-order chi connectivity index (χ1) is 11.0. The molecular weight excluding hydrogens is 412 g/mol. The standard InChI is InChI=1S/C17H15FINO3/c1-23-17(22)15(10-11-2-8-14(19)9-3-11)20-16(21)12-4-6-13(18)7-5-12/h2-9,15H,10H2,1H3,(H,20,21)/t15-/m1/s1. The van der Waals surface area contributed by atoms with E-state index in [-0.39, 0.29) is 5.56 Å². The van der Waals surface area contributed by atoms with Crippen LogP contribution < -0.4 is 5.32 Å². The summed E-state index contributed by atoms with van der Waals surface area (Å²) in [4.78, 5) is 24.1. The maximum atomic E-state index is 12.9. The summed E-state index contributed by atoms with van der Waals surface area (Å²) < 4.78 is 18.7. The zero-order valence-corrected chi connectivity index (χ0v) is 14.5. The predicted molar refractivity (Wildman–Crippen MR) is 92.5 cm³/mol.